The molecule has 0 aliphatic heterocycles. The summed E-state index contributed by atoms with van der Waals surface area (Å²) in [4.78, 5) is 23.3. The zero-order valence-corrected chi connectivity index (χ0v) is 11.3. The monoisotopic (exact) mass is 244 g/mol. The third-order valence-corrected chi connectivity index (χ3v) is 2.98. The number of carbonyl (C=O) groups is 2. The van der Waals surface area contributed by atoms with Gasteiger partial charge in [-0.3, -0.25) is 4.79 Å². The first-order chi connectivity index (χ1) is 7.84. The third-order valence-electron chi connectivity index (χ3n) is 2.98. The Bertz CT molecular complexity index is 266. The van der Waals surface area contributed by atoms with Gasteiger partial charge in [0.05, 0.1) is 13.2 Å². The lowest BCUT2D eigenvalue weighted by molar-refractivity contribution is -0.146. The molecule has 3 atom stereocenters. The van der Waals surface area contributed by atoms with E-state index >= 15 is 0 Å². The van der Waals surface area contributed by atoms with Crippen molar-refractivity contribution in [2.45, 2.75) is 46.2 Å². The Morgan fingerprint density at radius 2 is 1.82 bits per heavy atom. The molecular weight excluding hydrogens is 220 g/mol. The third kappa shape index (κ3) is 4.73. The van der Waals surface area contributed by atoms with Gasteiger partial charge >= 0.3 is 5.97 Å². The van der Waals surface area contributed by atoms with Gasteiger partial charge in [0.25, 0.3) is 0 Å². The molecule has 0 aromatic rings. The highest BCUT2D eigenvalue weighted by atomic mass is 16.5. The standard InChI is InChI=1S/C12H24N2O3/c1-6-8(4)9(13)11(15)14-10(7(2)3)12(16)17-5/h7-10H,6,13H2,1-5H3,(H,14,15)/t8?,9?,10-/m0/s1. The van der Waals surface area contributed by atoms with E-state index in [0.29, 0.717) is 0 Å². The van der Waals surface area contributed by atoms with Crippen molar-refractivity contribution in [3.63, 3.8) is 0 Å². The number of ether oxygens (including phenoxy) is 1. The number of rotatable bonds is 6. The lowest BCUT2D eigenvalue weighted by atomic mass is 9.98. The van der Waals surface area contributed by atoms with E-state index in [1.54, 1.807) is 0 Å². The molecule has 0 spiro atoms. The van der Waals surface area contributed by atoms with Gasteiger partial charge < -0.3 is 15.8 Å². The van der Waals surface area contributed by atoms with E-state index in [2.05, 4.69) is 10.1 Å². The van der Waals surface area contributed by atoms with Crippen molar-refractivity contribution < 1.29 is 14.3 Å². The molecule has 5 heteroatoms. The minimum Gasteiger partial charge on any atom is -0.467 e. The normalized spacial score (nSPS) is 16.2. The van der Waals surface area contributed by atoms with Gasteiger partial charge in [-0.25, -0.2) is 4.79 Å². The van der Waals surface area contributed by atoms with Crippen LogP contribution in [-0.2, 0) is 14.3 Å². The summed E-state index contributed by atoms with van der Waals surface area (Å²) >= 11 is 0. The van der Waals surface area contributed by atoms with E-state index in [9.17, 15) is 9.59 Å². The van der Waals surface area contributed by atoms with Crippen LogP contribution < -0.4 is 11.1 Å². The van der Waals surface area contributed by atoms with Crippen LogP contribution in [0.1, 0.15) is 34.1 Å². The lowest BCUT2D eigenvalue weighted by Crippen LogP contribution is -2.52. The van der Waals surface area contributed by atoms with Gasteiger partial charge in [0.15, 0.2) is 0 Å². The number of carbonyl (C=O) groups excluding carboxylic acids is 2. The van der Waals surface area contributed by atoms with Crippen molar-refractivity contribution in [3.05, 3.63) is 0 Å². The van der Waals surface area contributed by atoms with Gasteiger partial charge in [-0.05, 0) is 11.8 Å². The van der Waals surface area contributed by atoms with Crippen molar-refractivity contribution >= 4 is 11.9 Å². The van der Waals surface area contributed by atoms with E-state index in [4.69, 9.17) is 5.73 Å². The molecule has 0 fully saturated rings. The molecule has 0 heterocycles. The molecule has 2 unspecified atom stereocenters. The van der Waals surface area contributed by atoms with Crippen LogP contribution in [0, 0.1) is 11.8 Å². The smallest absolute Gasteiger partial charge is 0.328 e. The van der Waals surface area contributed by atoms with Crippen LogP contribution in [0.2, 0.25) is 0 Å². The van der Waals surface area contributed by atoms with Crippen LogP contribution in [0.4, 0.5) is 0 Å². The Labute approximate surface area is 103 Å². The zero-order chi connectivity index (χ0) is 13.6. The zero-order valence-electron chi connectivity index (χ0n) is 11.3. The summed E-state index contributed by atoms with van der Waals surface area (Å²) in [6.45, 7) is 7.57. The van der Waals surface area contributed by atoms with Crippen LogP contribution in [0.15, 0.2) is 0 Å². The number of hydrogen-bond donors (Lipinski definition) is 2. The number of esters is 1. The van der Waals surface area contributed by atoms with E-state index in [0.717, 1.165) is 6.42 Å². The maximum Gasteiger partial charge on any atom is 0.328 e. The van der Waals surface area contributed by atoms with Crippen molar-refractivity contribution in [3.8, 4) is 0 Å². The first-order valence-electron chi connectivity index (χ1n) is 5.98. The maximum absolute atomic E-state index is 11.8. The van der Waals surface area contributed by atoms with Crippen LogP contribution in [0.5, 0.6) is 0 Å². The molecule has 0 radical (unpaired) electrons. The van der Waals surface area contributed by atoms with Crippen LogP contribution in [0.3, 0.4) is 0 Å². The van der Waals surface area contributed by atoms with Gasteiger partial charge in [0.2, 0.25) is 5.91 Å². The fourth-order valence-electron chi connectivity index (χ4n) is 1.39. The van der Waals surface area contributed by atoms with Gasteiger partial charge in [0.1, 0.15) is 6.04 Å². The van der Waals surface area contributed by atoms with Crippen LogP contribution >= 0.6 is 0 Å². The molecule has 5 nitrogen and oxygen atoms in total. The molecular formula is C12H24N2O3. The SMILES string of the molecule is CCC(C)C(N)C(=O)N[C@H](C(=O)OC)C(C)C. The summed E-state index contributed by atoms with van der Waals surface area (Å²) in [6, 6.07) is -1.23. The second-order valence-corrected chi connectivity index (χ2v) is 4.66. The van der Waals surface area contributed by atoms with Crippen molar-refractivity contribution in [1.82, 2.24) is 5.32 Å². The van der Waals surface area contributed by atoms with Gasteiger partial charge in [-0.1, -0.05) is 34.1 Å². The second kappa shape index (κ2) is 7.27. The number of amides is 1. The highest BCUT2D eigenvalue weighted by molar-refractivity contribution is 5.87. The molecule has 100 valence electrons. The van der Waals surface area contributed by atoms with Gasteiger partial charge in [0, 0.05) is 0 Å². The summed E-state index contributed by atoms with van der Waals surface area (Å²) < 4.78 is 4.65. The fourth-order valence-corrected chi connectivity index (χ4v) is 1.39. The predicted octanol–water partition coefficient (Wildman–Crippen LogP) is 0.674. The van der Waals surface area contributed by atoms with Crippen LogP contribution in [-0.4, -0.2) is 31.1 Å². The summed E-state index contributed by atoms with van der Waals surface area (Å²) in [5, 5.41) is 2.64. The molecule has 0 aromatic carbocycles. The van der Waals surface area contributed by atoms with E-state index in [-0.39, 0.29) is 17.7 Å². The molecule has 1 amide bonds. The Hall–Kier alpha value is -1.10. The number of hydrogen-bond acceptors (Lipinski definition) is 4. The molecule has 0 saturated heterocycles. The highest BCUT2D eigenvalue weighted by Crippen LogP contribution is 2.08. The molecule has 0 rings (SSSR count). The Morgan fingerprint density at radius 3 is 2.18 bits per heavy atom. The van der Waals surface area contributed by atoms with Crippen molar-refractivity contribution in [2.24, 2.45) is 17.6 Å². The fraction of sp³-hybridized carbons (Fsp3) is 0.833. The number of nitrogens with two attached hydrogens (primary N) is 1. The minimum atomic E-state index is -0.636. The quantitative estimate of drug-likeness (QED) is 0.673. The molecule has 0 saturated carbocycles. The van der Waals surface area contributed by atoms with Crippen LogP contribution in [0.25, 0.3) is 0 Å². The summed E-state index contributed by atoms with van der Waals surface area (Å²) in [5.41, 5.74) is 5.80. The van der Waals surface area contributed by atoms with E-state index in [1.165, 1.54) is 7.11 Å². The first kappa shape index (κ1) is 15.9. The Balaban J connectivity index is 4.56. The second-order valence-electron chi connectivity index (χ2n) is 4.66. The lowest BCUT2D eigenvalue weighted by Gasteiger charge is -2.24. The molecule has 0 aliphatic carbocycles. The largest absolute Gasteiger partial charge is 0.467 e. The number of methoxy groups -OCH3 is 1. The molecule has 0 aliphatic rings. The van der Waals surface area contributed by atoms with Crippen molar-refractivity contribution in [1.29, 1.82) is 0 Å². The summed E-state index contributed by atoms with van der Waals surface area (Å²) in [5.74, 6) is -0.691. The van der Waals surface area contributed by atoms with Gasteiger partial charge in [-0.15, -0.1) is 0 Å². The number of nitrogens with one attached hydrogen (secondary N) is 1. The molecule has 17 heavy (non-hydrogen) atoms. The van der Waals surface area contributed by atoms with E-state index in [1.807, 2.05) is 27.7 Å². The maximum atomic E-state index is 11.8. The Kier molecular flexibility index (Phi) is 6.80. The van der Waals surface area contributed by atoms with E-state index < -0.39 is 18.1 Å². The molecule has 0 aromatic heterocycles. The average molecular weight is 244 g/mol. The van der Waals surface area contributed by atoms with Crippen molar-refractivity contribution in [2.75, 3.05) is 7.11 Å². The highest BCUT2D eigenvalue weighted by Gasteiger charge is 2.28. The minimum absolute atomic E-state index is 0.0319. The molecule has 0 bridgehead atoms. The topological polar surface area (TPSA) is 81.4 Å². The van der Waals surface area contributed by atoms with Gasteiger partial charge in [-0.2, -0.15) is 0 Å². The average Bonchev–Trinajstić information content (AvgIpc) is 2.32. The first-order valence-corrected chi connectivity index (χ1v) is 5.98. The summed E-state index contributed by atoms with van der Waals surface area (Å²) in [7, 11) is 1.30. The molecule has 3 N–H and O–H groups in total. The summed E-state index contributed by atoms with van der Waals surface area (Å²) in [6.07, 6.45) is 0.819. The Morgan fingerprint density at radius 1 is 1.29 bits per heavy atom. The predicted molar refractivity (Wildman–Crippen MR) is 66.2 cm³/mol.